The summed E-state index contributed by atoms with van der Waals surface area (Å²) in [5.74, 6) is -0.999. The smallest absolute Gasteiger partial charge is 0.409 e. The quantitative estimate of drug-likeness (QED) is 0.608. The molecule has 11 heteroatoms. The van der Waals surface area contributed by atoms with Crippen molar-refractivity contribution in [3.05, 3.63) is 21.4 Å². The van der Waals surface area contributed by atoms with E-state index in [9.17, 15) is 14.4 Å². The molecule has 31 heavy (non-hydrogen) atoms. The monoisotopic (exact) mass is 477 g/mol. The Kier molecular flexibility index (Phi) is 8.62. The molecular formula is C20H29Cl2N3O6. The number of halogens is 2. The first-order valence-corrected chi connectivity index (χ1v) is 10.8. The van der Waals surface area contributed by atoms with Crippen molar-refractivity contribution < 1.29 is 28.6 Å². The van der Waals surface area contributed by atoms with Crippen molar-refractivity contribution in [3.63, 3.8) is 0 Å². The number of amides is 2. The highest BCUT2D eigenvalue weighted by atomic mass is 35.5. The standard InChI is InChI=1S/C20H29Cl2N3O6/c1-6-29-19(28)25-8-7-12(13(9-25)30-10-14(26)31-20(3,4)5)24-18(27)17-16(22)15(21)11(2)23-17/h12-13,23H,6-10H2,1-5H3,(H,24,27)/t12-,13-/m1/s1. The van der Waals surface area contributed by atoms with E-state index in [4.69, 9.17) is 37.4 Å². The molecule has 174 valence electrons. The van der Waals surface area contributed by atoms with E-state index in [0.717, 1.165) is 0 Å². The lowest BCUT2D eigenvalue weighted by atomic mass is 10.0. The van der Waals surface area contributed by atoms with Gasteiger partial charge in [0, 0.05) is 12.2 Å². The maximum absolute atomic E-state index is 12.8. The Labute approximate surface area is 191 Å². The van der Waals surface area contributed by atoms with E-state index in [1.165, 1.54) is 4.90 Å². The van der Waals surface area contributed by atoms with Gasteiger partial charge >= 0.3 is 12.1 Å². The van der Waals surface area contributed by atoms with E-state index in [-0.39, 0.29) is 35.5 Å². The van der Waals surface area contributed by atoms with Crippen molar-refractivity contribution in [1.82, 2.24) is 15.2 Å². The number of rotatable bonds is 6. The molecule has 0 bridgehead atoms. The molecule has 2 amide bonds. The van der Waals surface area contributed by atoms with E-state index in [1.807, 2.05) is 0 Å². The Morgan fingerprint density at radius 1 is 1.23 bits per heavy atom. The van der Waals surface area contributed by atoms with Crippen LogP contribution in [0.2, 0.25) is 10.0 Å². The number of hydrogen-bond acceptors (Lipinski definition) is 6. The van der Waals surface area contributed by atoms with Crippen LogP contribution in [0.5, 0.6) is 0 Å². The van der Waals surface area contributed by atoms with Crippen molar-refractivity contribution in [2.45, 2.75) is 58.8 Å². The predicted octanol–water partition coefficient (Wildman–Crippen LogP) is 3.32. The number of H-pyrrole nitrogens is 1. The largest absolute Gasteiger partial charge is 0.458 e. The molecule has 1 aliphatic rings. The summed E-state index contributed by atoms with van der Waals surface area (Å²) >= 11 is 12.2. The SMILES string of the molecule is CCOC(=O)N1CC[C@@H](NC(=O)c2[nH]c(C)c(Cl)c2Cl)[C@H](OCC(=O)OC(C)(C)C)C1. The third-order valence-corrected chi connectivity index (χ3v) is 5.47. The zero-order valence-corrected chi connectivity index (χ0v) is 19.9. The third-order valence-electron chi connectivity index (χ3n) is 4.52. The zero-order chi connectivity index (χ0) is 23.3. The Hall–Kier alpha value is -1.97. The van der Waals surface area contributed by atoms with Gasteiger partial charge in [-0.15, -0.1) is 0 Å². The second kappa shape index (κ2) is 10.6. The number of carbonyl (C=O) groups excluding carboxylic acids is 3. The molecule has 2 rings (SSSR count). The van der Waals surface area contributed by atoms with Crippen LogP contribution < -0.4 is 5.32 Å². The normalized spacial score (nSPS) is 19.1. The summed E-state index contributed by atoms with van der Waals surface area (Å²) in [7, 11) is 0. The van der Waals surface area contributed by atoms with Gasteiger partial charge in [-0.25, -0.2) is 9.59 Å². The van der Waals surface area contributed by atoms with Gasteiger partial charge in [-0.2, -0.15) is 0 Å². The summed E-state index contributed by atoms with van der Waals surface area (Å²) in [4.78, 5) is 41.3. The second-order valence-corrected chi connectivity index (χ2v) is 8.96. The fourth-order valence-electron chi connectivity index (χ4n) is 3.15. The Morgan fingerprint density at radius 2 is 1.90 bits per heavy atom. The van der Waals surface area contributed by atoms with Gasteiger partial charge in [0.15, 0.2) is 0 Å². The number of hydrogen-bond donors (Lipinski definition) is 2. The average Bonchev–Trinajstić information content (AvgIpc) is 2.93. The highest BCUT2D eigenvalue weighted by Gasteiger charge is 2.35. The maximum Gasteiger partial charge on any atom is 0.409 e. The minimum absolute atomic E-state index is 0.131. The molecule has 0 spiro atoms. The molecule has 1 aliphatic heterocycles. The number of aryl methyl sites for hydroxylation is 1. The molecule has 0 aromatic carbocycles. The molecular weight excluding hydrogens is 449 g/mol. The summed E-state index contributed by atoms with van der Waals surface area (Å²) in [5, 5.41) is 3.27. The van der Waals surface area contributed by atoms with Gasteiger partial charge in [0.05, 0.1) is 35.3 Å². The van der Waals surface area contributed by atoms with Crippen LogP contribution in [-0.2, 0) is 19.0 Å². The fraction of sp³-hybridized carbons (Fsp3) is 0.650. The van der Waals surface area contributed by atoms with Crippen LogP contribution in [0.15, 0.2) is 0 Å². The fourth-order valence-corrected chi connectivity index (χ4v) is 3.56. The number of aromatic amines is 1. The molecule has 2 N–H and O–H groups in total. The first kappa shape index (κ1) is 25.3. The molecule has 1 saturated heterocycles. The van der Waals surface area contributed by atoms with Gasteiger partial charge in [0.2, 0.25) is 0 Å². The van der Waals surface area contributed by atoms with Gasteiger partial charge in [-0.05, 0) is 41.0 Å². The number of ether oxygens (including phenoxy) is 3. The van der Waals surface area contributed by atoms with Crippen molar-refractivity contribution in [2.24, 2.45) is 0 Å². The number of nitrogens with zero attached hydrogens (tertiary/aromatic N) is 1. The molecule has 0 aliphatic carbocycles. The van der Waals surface area contributed by atoms with Gasteiger partial charge < -0.3 is 29.4 Å². The van der Waals surface area contributed by atoms with Crippen LogP contribution in [0.3, 0.4) is 0 Å². The Bertz CT molecular complexity index is 821. The molecule has 0 radical (unpaired) electrons. The number of likely N-dealkylation sites (tertiary alicyclic amines) is 1. The predicted molar refractivity (Wildman–Crippen MR) is 116 cm³/mol. The topological polar surface area (TPSA) is 110 Å². The van der Waals surface area contributed by atoms with Crippen molar-refractivity contribution in [2.75, 3.05) is 26.3 Å². The van der Waals surface area contributed by atoms with E-state index >= 15 is 0 Å². The molecule has 9 nitrogen and oxygen atoms in total. The highest BCUT2D eigenvalue weighted by Crippen LogP contribution is 2.29. The summed E-state index contributed by atoms with van der Waals surface area (Å²) in [5.41, 5.74) is 0.0635. The lowest BCUT2D eigenvalue weighted by Crippen LogP contribution is -2.56. The Morgan fingerprint density at radius 3 is 2.45 bits per heavy atom. The minimum Gasteiger partial charge on any atom is -0.458 e. The number of piperidine rings is 1. The lowest BCUT2D eigenvalue weighted by Gasteiger charge is -2.38. The first-order valence-electron chi connectivity index (χ1n) is 10.0. The van der Waals surface area contributed by atoms with Gasteiger partial charge in [-0.1, -0.05) is 23.2 Å². The molecule has 0 unspecified atom stereocenters. The van der Waals surface area contributed by atoms with Crippen molar-refractivity contribution in [1.29, 1.82) is 0 Å². The average molecular weight is 478 g/mol. The number of nitrogens with one attached hydrogen (secondary N) is 2. The summed E-state index contributed by atoms with van der Waals surface area (Å²) in [6, 6.07) is -0.473. The van der Waals surface area contributed by atoms with Crippen LogP contribution in [0.4, 0.5) is 4.79 Å². The lowest BCUT2D eigenvalue weighted by molar-refractivity contribution is -0.163. The molecule has 2 heterocycles. The Balaban J connectivity index is 2.10. The summed E-state index contributed by atoms with van der Waals surface area (Å²) in [6.45, 7) is 9.10. The highest BCUT2D eigenvalue weighted by molar-refractivity contribution is 6.44. The van der Waals surface area contributed by atoms with Crippen LogP contribution in [0, 0.1) is 6.92 Å². The van der Waals surface area contributed by atoms with Gasteiger partial charge in [-0.3, -0.25) is 4.79 Å². The zero-order valence-electron chi connectivity index (χ0n) is 18.3. The second-order valence-electron chi connectivity index (χ2n) is 8.20. The van der Waals surface area contributed by atoms with Crippen LogP contribution in [-0.4, -0.2) is 71.9 Å². The van der Waals surface area contributed by atoms with Gasteiger partial charge in [0.1, 0.15) is 17.9 Å². The van der Waals surface area contributed by atoms with E-state index in [2.05, 4.69) is 10.3 Å². The molecule has 1 aromatic heterocycles. The summed E-state index contributed by atoms with van der Waals surface area (Å²) < 4.78 is 16.1. The third kappa shape index (κ3) is 7.02. The van der Waals surface area contributed by atoms with E-state index in [1.54, 1.807) is 34.6 Å². The summed E-state index contributed by atoms with van der Waals surface area (Å²) in [6.07, 6.45) is -0.734. The maximum atomic E-state index is 12.8. The number of aromatic nitrogens is 1. The number of esters is 1. The molecule has 0 saturated carbocycles. The minimum atomic E-state index is -0.654. The molecule has 1 aromatic rings. The van der Waals surface area contributed by atoms with Crippen LogP contribution >= 0.6 is 23.2 Å². The number of carbonyl (C=O) groups is 3. The van der Waals surface area contributed by atoms with E-state index < -0.39 is 35.7 Å². The van der Waals surface area contributed by atoms with Crippen molar-refractivity contribution >= 4 is 41.2 Å². The van der Waals surface area contributed by atoms with Crippen LogP contribution in [0.1, 0.15) is 50.3 Å². The first-order chi connectivity index (χ1) is 14.4. The van der Waals surface area contributed by atoms with Gasteiger partial charge in [0.25, 0.3) is 5.91 Å². The molecule has 2 atom stereocenters. The van der Waals surface area contributed by atoms with Crippen LogP contribution in [0.25, 0.3) is 0 Å². The van der Waals surface area contributed by atoms with Crippen molar-refractivity contribution in [3.8, 4) is 0 Å². The van der Waals surface area contributed by atoms with E-state index in [0.29, 0.717) is 18.7 Å². The molecule has 1 fully saturated rings.